The maximum atomic E-state index is 10.5. The van der Waals surface area contributed by atoms with Gasteiger partial charge in [0.2, 0.25) is 0 Å². The van der Waals surface area contributed by atoms with E-state index in [-0.39, 0.29) is 0 Å². The number of para-hydroxylation sites is 2. The highest BCUT2D eigenvalue weighted by Gasteiger charge is 2.23. The Morgan fingerprint density at radius 1 is 0.478 bits per heavy atom. The first-order chi connectivity index (χ1) is 22.5. The van der Waals surface area contributed by atoms with Gasteiger partial charge < -0.3 is 9.13 Å². The van der Waals surface area contributed by atoms with Crippen LogP contribution in [0.15, 0.2) is 109 Å². The zero-order chi connectivity index (χ0) is 31.5. The summed E-state index contributed by atoms with van der Waals surface area (Å²) in [5.41, 5.74) is 10.5. The van der Waals surface area contributed by atoms with Crippen LogP contribution in [0.3, 0.4) is 0 Å². The molecule has 0 amide bonds. The lowest BCUT2D eigenvalue weighted by molar-refractivity contribution is 1.11. The maximum absolute atomic E-state index is 10.5. The number of nitriles is 3. The van der Waals surface area contributed by atoms with Crippen molar-refractivity contribution in [2.24, 2.45) is 0 Å². The fourth-order valence-electron chi connectivity index (χ4n) is 6.90. The predicted octanol–water partition coefficient (Wildman–Crippen LogP) is 9.17. The molecule has 0 spiro atoms. The van der Waals surface area contributed by atoms with Crippen LogP contribution in [0.2, 0.25) is 0 Å². The van der Waals surface area contributed by atoms with E-state index in [9.17, 15) is 15.8 Å². The fraction of sp³-hybridized carbons (Fsp3) is 0.0500. The van der Waals surface area contributed by atoms with Crippen molar-refractivity contribution in [3.63, 3.8) is 0 Å². The fourth-order valence-corrected chi connectivity index (χ4v) is 6.90. The lowest BCUT2D eigenvalue weighted by atomic mass is 9.97. The van der Waals surface area contributed by atoms with Gasteiger partial charge in [0, 0.05) is 38.5 Å². The zero-order valence-corrected chi connectivity index (χ0v) is 25.1. The highest BCUT2D eigenvalue weighted by molar-refractivity contribution is 6.12. The third kappa shape index (κ3) is 3.97. The van der Waals surface area contributed by atoms with Crippen LogP contribution >= 0.6 is 0 Å². The first-order valence-electron chi connectivity index (χ1n) is 14.9. The van der Waals surface area contributed by atoms with Crippen LogP contribution < -0.4 is 0 Å². The summed E-state index contributed by atoms with van der Waals surface area (Å²) in [6.45, 7) is 3.97. The molecule has 214 valence electrons. The van der Waals surface area contributed by atoms with Gasteiger partial charge in [0.25, 0.3) is 0 Å². The minimum Gasteiger partial charge on any atom is -0.308 e. The van der Waals surface area contributed by atoms with Crippen molar-refractivity contribution in [3.8, 4) is 40.7 Å². The van der Waals surface area contributed by atoms with Gasteiger partial charge in [0.1, 0.15) is 0 Å². The molecule has 6 heteroatoms. The van der Waals surface area contributed by atoms with E-state index < -0.39 is 0 Å². The number of aromatic nitrogens is 3. The quantitative estimate of drug-likeness (QED) is 0.206. The summed E-state index contributed by atoms with van der Waals surface area (Å²) < 4.78 is 4.34. The van der Waals surface area contributed by atoms with Crippen LogP contribution in [0.4, 0.5) is 0 Å². The smallest absolute Gasteiger partial charge is 0.0993 e. The molecule has 6 nitrogen and oxygen atoms in total. The van der Waals surface area contributed by atoms with E-state index in [2.05, 4.69) is 68.7 Å². The molecule has 0 saturated carbocycles. The molecule has 46 heavy (non-hydrogen) atoms. The Balaban J connectivity index is 1.63. The summed E-state index contributed by atoms with van der Waals surface area (Å²) >= 11 is 0. The molecule has 0 fully saturated rings. The minimum absolute atomic E-state index is 0.487. The topological polar surface area (TPSA) is 94.1 Å². The molecule has 0 radical (unpaired) electrons. The van der Waals surface area contributed by atoms with Crippen LogP contribution in [0.25, 0.3) is 66.1 Å². The molecular formula is C40H24N6. The molecule has 3 aromatic heterocycles. The average Bonchev–Trinajstić information content (AvgIpc) is 3.59. The summed E-state index contributed by atoms with van der Waals surface area (Å²) in [7, 11) is 0. The predicted molar refractivity (Wildman–Crippen MR) is 182 cm³/mol. The summed E-state index contributed by atoms with van der Waals surface area (Å²) in [6, 6.07) is 43.0. The first-order valence-corrected chi connectivity index (χ1v) is 14.9. The Kier molecular flexibility index (Phi) is 5.97. The van der Waals surface area contributed by atoms with E-state index in [0.717, 1.165) is 77.5 Å². The summed E-state index contributed by atoms with van der Waals surface area (Å²) in [4.78, 5) is 4.69. The van der Waals surface area contributed by atoms with Gasteiger partial charge in [-0.25, -0.2) is 0 Å². The van der Waals surface area contributed by atoms with Crippen molar-refractivity contribution in [1.82, 2.24) is 14.1 Å². The van der Waals surface area contributed by atoms with E-state index in [4.69, 9.17) is 0 Å². The molecule has 0 saturated heterocycles. The van der Waals surface area contributed by atoms with Crippen LogP contribution in [0.5, 0.6) is 0 Å². The number of hydrogen-bond donors (Lipinski definition) is 0. The summed E-state index contributed by atoms with van der Waals surface area (Å²) in [6.07, 6.45) is 0. The molecule has 0 atom stereocenters. The highest BCUT2D eigenvalue weighted by Crippen LogP contribution is 2.43. The Morgan fingerprint density at radius 2 is 0.913 bits per heavy atom. The molecule has 5 aromatic carbocycles. The normalized spacial score (nSPS) is 11.2. The van der Waals surface area contributed by atoms with Crippen molar-refractivity contribution >= 4 is 43.6 Å². The molecule has 0 aliphatic carbocycles. The second-order valence-corrected chi connectivity index (χ2v) is 11.5. The summed E-state index contributed by atoms with van der Waals surface area (Å²) in [5.74, 6) is 0. The third-order valence-electron chi connectivity index (χ3n) is 8.68. The number of pyridine rings is 1. The third-order valence-corrected chi connectivity index (χ3v) is 8.68. The average molecular weight is 589 g/mol. The van der Waals surface area contributed by atoms with Gasteiger partial charge in [0.05, 0.1) is 68.3 Å². The Bertz CT molecular complexity index is 2530. The van der Waals surface area contributed by atoms with Gasteiger partial charge in [-0.15, -0.1) is 0 Å². The van der Waals surface area contributed by atoms with Gasteiger partial charge in [-0.1, -0.05) is 48.5 Å². The Hall–Kier alpha value is -6.68. The van der Waals surface area contributed by atoms with Crippen molar-refractivity contribution < 1.29 is 0 Å². The van der Waals surface area contributed by atoms with Crippen LogP contribution in [-0.4, -0.2) is 14.1 Å². The molecule has 0 unspecified atom stereocenters. The molecule has 0 N–H and O–H groups in total. The van der Waals surface area contributed by atoms with E-state index >= 15 is 0 Å². The lowest BCUT2D eigenvalue weighted by Crippen LogP contribution is -2.06. The molecule has 8 rings (SSSR count). The minimum atomic E-state index is 0.487. The van der Waals surface area contributed by atoms with E-state index in [1.165, 1.54) is 0 Å². The maximum Gasteiger partial charge on any atom is 0.0993 e. The van der Waals surface area contributed by atoms with Crippen molar-refractivity contribution in [2.75, 3.05) is 0 Å². The van der Waals surface area contributed by atoms with Crippen molar-refractivity contribution in [2.45, 2.75) is 13.8 Å². The Labute approximate surface area is 264 Å². The number of fused-ring (bicyclic) bond motifs is 6. The van der Waals surface area contributed by atoms with E-state index in [0.29, 0.717) is 16.7 Å². The van der Waals surface area contributed by atoms with Crippen LogP contribution in [0, 0.1) is 47.8 Å². The number of benzene rings is 5. The molecular weight excluding hydrogens is 564 g/mol. The monoisotopic (exact) mass is 588 g/mol. The van der Waals surface area contributed by atoms with Crippen LogP contribution in [0.1, 0.15) is 28.1 Å². The van der Waals surface area contributed by atoms with Gasteiger partial charge >= 0.3 is 0 Å². The van der Waals surface area contributed by atoms with Crippen molar-refractivity contribution in [3.05, 3.63) is 137 Å². The van der Waals surface area contributed by atoms with Gasteiger partial charge in [-0.2, -0.15) is 15.8 Å². The van der Waals surface area contributed by atoms with E-state index in [1.807, 2.05) is 86.6 Å². The summed E-state index contributed by atoms with van der Waals surface area (Å²) in [5, 5.41) is 34.4. The SMILES string of the molecule is Cc1cc(-c2c(-n3c4ccccc4c4ccc(C#N)cc43)cc(C#N)cc2-n2c3ccccc3c3ccc(C#N)cc32)cc(C)n1. The number of hydrogen-bond acceptors (Lipinski definition) is 4. The number of rotatable bonds is 3. The van der Waals surface area contributed by atoms with Crippen molar-refractivity contribution in [1.29, 1.82) is 15.8 Å². The molecule has 0 aliphatic heterocycles. The lowest BCUT2D eigenvalue weighted by Gasteiger charge is -2.21. The zero-order valence-electron chi connectivity index (χ0n) is 25.1. The highest BCUT2D eigenvalue weighted by atomic mass is 15.0. The standard InChI is InChI=1S/C40H24N6/c1-24-15-29(16-25(2)44-24)40-38(45-34-9-5-3-7-30(34)32-13-11-26(21-41)17-36(32)45)19-28(23-43)20-39(40)46-35-10-6-4-8-31(35)33-14-12-27(22-42)18-37(33)46/h3-20H,1-2H3. The van der Waals surface area contributed by atoms with Gasteiger partial charge in [0.15, 0.2) is 0 Å². The second-order valence-electron chi connectivity index (χ2n) is 11.5. The molecule has 3 heterocycles. The molecule has 0 aliphatic rings. The van der Waals surface area contributed by atoms with E-state index in [1.54, 1.807) is 0 Å². The number of aryl methyl sites for hydroxylation is 2. The van der Waals surface area contributed by atoms with Gasteiger partial charge in [-0.3, -0.25) is 4.98 Å². The number of nitrogens with zero attached hydrogens (tertiary/aromatic N) is 6. The second kappa shape index (κ2) is 10.2. The van der Waals surface area contributed by atoms with Crippen LogP contribution in [-0.2, 0) is 0 Å². The van der Waals surface area contributed by atoms with Gasteiger partial charge in [-0.05, 0) is 80.1 Å². The molecule has 0 bridgehead atoms. The first kappa shape index (κ1) is 26.9. The Morgan fingerprint density at radius 3 is 1.37 bits per heavy atom. The molecule has 8 aromatic rings. The largest absolute Gasteiger partial charge is 0.308 e.